The first-order valence-corrected chi connectivity index (χ1v) is 16.9. The van der Waals surface area contributed by atoms with Crippen LogP contribution in [0.15, 0.2) is 48.6 Å². The molecule has 0 aromatic heterocycles. The summed E-state index contributed by atoms with van der Waals surface area (Å²) < 4.78 is 5.78. The Labute approximate surface area is 176 Å². The second-order valence-corrected chi connectivity index (χ2v) is 21.3. The second kappa shape index (κ2) is 8.84. The molecule has 6 unspecified atom stereocenters. The van der Waals surface area contributed by atoms with Gasteiger partial charge < -0.3 is 24.8 Å². The fourth-order valence-electron chi connectivity index (χ4n) is 7.48. The Hall–Kier alpha value is 0.423. The van der Waals surface area contributed by atoms with E-state index in [1.807, 2.05) is 0 Å². The van der Waals surface area contributed by atoms with E-state index in [0.29, 0.717) is 0 Å². The molecule has 0 N–H and O–H groups in total. The van der Waals surface area contributed by atoms with Crippen molar-refractivity contribution < 1.29 is 45.1 Å². The first-order valence-electron chi connectivity index (χ1n) is 10.6. The second-order valence-electron chi connectivity index (χ2n) is 9.18. The van der Waals surface area contributed by atoms with E-state index >= 15 is 0 Å². The van der Waals surface area contributed by atoms with E-state index in [0.717, 1.165) is 30.9 Å². The molecule has 6 atom stereocenters. The zero-order valence-corrected chi connectivity index (χ0v) is 19.7. The van der Waals surface area contributed by atoms with Crippen molar-refractivity contribution in [1.82, 2.24) is 0 Å². The summed E-state index contributed by atoms with van der Waals surface area (Å²) in [5.41, 5.74) is 0. The molecule has 3 fully saturated rings. The third kappa shape index (κ3) is 3.44. The molecule has 4 aliphatic carbocycles. The summed E-state index contributed by atoms with van der Waals surface area (Å²) in [6, 6.07) is 0. The topological polar surface area (TPSA) is 0 Å². The van der Waals surface area contributed by atoms with E-state index in [4.69, 9.17) is 0 Å². The van der Waals surface area contributed by atoms with Crippen molar-refractivity contribution in [3.63, 3.8) is 0 Å². The average Bonchev–Trinajstić information content (AvgIpc) is 3.27. The van der Waals surface area contributed by atoms with Crippen molar-refractivity contribution in [3.8, 4) is 0 Å². The van der Waals surface area contributed by atoms with E-state index in [1.54, 1.807) is 33.9 Å². The summed E-state index contributed by atoms with van der Waals surface area (Å²) in [6.07, 6.45) is 30.6. The van der Waals surface area contributed by atoms with Gasteiger partial charge in [-0.3, -0.25) is 0 Å². The molecule has 1 aliphatic heterocycles. The molecule has 5 rings (SSSR count). The van der Waals surface area contributed by atoms with Gasteiger partial charge in [0.25, 0.3) is 0 Å². The fourth-order valence-corrected chi connectivity index (χ4v) is 26.7. The van der Waals surface area contributed by atoms with Crippen molar-refractivity contribution in [3.05, 3.63) is 48.6 Å². The Balaban J connectivity index is 0.000000980. The van der Waals surface area contributed by atoms with Gasteiger partial charge in [-0.2, -0.15) is 0 Å². The van der Waals surface area contributed by atoms with Crippen LogP contribution in [0.4, 0.5) is 0 Å². The predicted molar refractivity (Wildman–Crippen MR) is 100.0 cm³/mol. The third-order valence-electron chi connectivity index (χ3n) is 8.41. The van der Waals surface area contributed by atoms with Crippen molar-refractivity contribution in [2.45, 2.75) is 60.5 Å². The van der Waals surface area contributed by atoms with Crippen LogP contribution >= 0.6 is 0 Å². The van der Waals surface area contributed by atoms with Crippen LogP contribution in [0.2, 0.25) is 15.5 Å². The Morgan fingerprint density at radius 3 is 1.50 bits per heavy atom. The molecular formula is C23H32Cl2Zr. The molecule has 0 aromatic carbocycles. The minimum Gasteiger partial charge on any atom is -1.00 e. The van der Waals surface area contributed by atoms with Crippen LogP contribution in [-0.2, 0) is 20.3 Å². The minimum atomic E-state index is -2.15. The summed E-state index contributed by atoms with van der Waals surface area (Å²) in [6.45, 7) is 0. The summed E-state index contributed by atoms with van der Waals surface area (Å²) >= 11 is -2.15. The van der Waals surface area contributed by atoms with Crippen LogP contribution in [0.1, 0.15) is 44.9 Å². The number of rotatable bonds is 2. The van der Waals surface area contributed by atoms with Crippen LogP contribution in [0.5, 0.6) is 0 Å². The molecule has 5 aliphatic rings. The first-order chi connectivity index (χ1) is 11.9. The zero-order chi connectivity index (χ0) is 16.0. The van der Waals surface area contributed by atoms with Crippen LogP contribution in [0.25, 0.3) is 0 Å². The van der Waals surface area contributed by atoms with Gasteiger partial charge in [0.2, 0.25) is 0 Å². The van der Waals surface area contributed by atoms with Crippen LogP contribution in [0.3, 0.4) is 0 Å². The number of allylic oxidation sites excluding steroid dienone is 8. The Kier molecular flexibility index (Phi) is 7.19. The maximum atomic E-state index is 2.64. The van der Waals surface area contributed by atoms with Crippen molar-refractivity contribution in [2.75, 3.05) is 0 Å². The van der Waals surface area contributed by atoms with Gasteiger partial charge in [0.15, 0.2) is 0 Å². The van der Waals surface area contributed by atoms with E-state index in [9.17, 15) is 0 Å². The van der Waals surface area contributed by atoms with Gasteiger partial charge in [0.1, 0.15) is 0 Å². The van der Waals surface area contributed by atoms with Crippen LogP contribution in [0, 0.1) is 23.7 Å². The van der Waals surface area contributed by atoms with Gasteiger partial charge in [0, 0.05) is 0 Å². The van der Waals surface area contributed by atoms with Crippen molar-refractivity contribution >= 4 is 0 Å². The molecule has 0 spiro atoms. The molecule has 3 heteroatoms. The van der Waals surface area contributed by atoms with E-state index in [-0.39, 0.29) is 24.8 Å². The Morgan fingerprint density at radius 1 is 0.538 bits per heavy atom. The van der Waals surface area contributed by atoms with E-state index in [1.165, 1.54) is 19.3 Å². The van der Waals surface area contributed by atoms with Crippen molar-refractivity contribution in [2.24, 2.45) is 23.7 Å². The van der Waals surface area contributed by atoms with Gasteiger partial charge in [-0.1, -0.05) is 0 Å². The molecule has 142 valence electrons. The maximum Gasteiger partial charge on any atom is -1.00 e. The molecule has 1 saturated heterocycles. The number of hydrogen-bond acceptors (Lipinski definition) is 0. The SMILES string of the molecule is C1=CC2CC[CH]([Zr+2]3([CH]4CCC5C=CC=CC54)[CH2]CCC[CH2]3)C2C=C1.[Cl-].[Cl-]. The fraction of sp³-hybridized carbons (Fsp3) is 0.652. The van der Waals surface area contributed by atoms with Gasteiger partial charge in [-0.15, -0.1) is 0 Å². The van der Waals surface area contributed by atoms with Gasteiger partial charge in [-0.05, 0) is 0 Å². The number of halogens is 2. The number of fused-ring (bicyclic) bond motifs is 2. The van der Waals surface area contributed by atoms with E-state index < -0.39 is 20.3 Å². The molecule has 0 radical (unpaired) electrons. The minimum absolute atomic E-state index is 0. The molecule has 1 heterocycles. The maximum absolute atomic E-state index is 2.64. The molecule has 2 saturated carbocycles. The first kappa shape index (κ1) is 21.1. The third-order valence-corrected chi connectivity index (χ3v) is 25.3. The van der Waals surface area contributed by atoms with Gasteiger partial charge in [0.05, 0.1) is 0 Å². The summed E-state index contributed by atoms with van der Waals surface area (Å²) in [5, 5.41) is 0. The van der Waals surface area contributed by atoms with Gasteiger partial charge >= 0.3 is 153 Å². The Bertz CT molecular complexity index is 553. The molecule has 0 bridgehead atoms. The normalized spacial score (nSPS) is 40.6. The average molecular weight is 471 g/mol. The van der Waals surface area contributed by atoms with Crippen molar-refractivity contribution in [1.29, 1.82) is 0 Å². The zero-order valence-electron chi connectivity index (χ0n) is 15.7. The molecular weight excluding hydrogens is 438 g/mol. The Morgan fingerprint density at radius 2 is 1.00 bits per heavy atom. The number of hydrogen-bond donors (Lipinski definition) is 0. The summed E-state index contributed by atoms with van der Waals surface area (Å²) in [4.78, 5) is 0. The molecule has 0 aromatic rings. The predicted octanol–water partition coefficient (Wildman–Crippen LogP) is 1.05. The largest absolute Gasteiger partial charge is 1.00 e. The van der Waals surface area contributed by atoms with E-state index in [2.05, 4.69) is 48.6 Å². The van der Waals surface area contributed by atoms with Gasteiger partial charge in [-0.25, -0.2) is 0 Å². The summed E-state index contributed by atoms with van der Waals surface area (Å²) in [7, 11) is 0. The monoisotopic (exact) mass is 468 g/mol. The smallest absolute Gasteiger partial charge is 1.00 e. The summed E-state index contributed by atoms with van der Waals surface area (Å²) in [5.74, 6) is 3.67. The van der Waals surface area contributed by atoms with Crippen LogP contribution in [-0.4, -0.2) is 0 Å². The molecule has 0 amide bonds. The van der Waals surface area contributed by atoms with Crippen LogP contribution < -0.4 is 24.8 Å². The standard InChI is InChI=1S/2C9H11.C5H10.2ClH.Zr/c2*1-2-5-9-7-3-6-8(9)4-1;1-3-5-4-2;;;/h2*1-2,4-6,8-9H,3,7H2;1-5H2;2*1H;/q;;;;;+2/p-2. The molecule has 26 heavy (non-hydrogen) atoms. The molecule has 0 nitrogen and oxygen atoms in total. The quantitative estimate of drug-likeness (QED) is 0.566.